The number of fused-ring (bicyclic) bond motifs is 1. The minimum atomic E-state index is 0.499. The maximum Gasteiger partial charge on any atom is 0.133 e. The zero-order valence-electron chi connectivity index (χ0n) is 16.1. The second kappa shape index (κ2) is 9.29. The number of carbonyl (C=O) groups is 1. The number of hydrogen-bond donors (Lipinski definition) is 0. The molecular formula is C23H31NO2. The van der Waals surface area contributed by atoms with Gasteiger partial charge in [0.1, 0.15) is 6.29 Å². The molecule has 3 nitrogen and oxygen atoms in total. The van der Waals surface area contributed by atoms with Gasteiger partial charge in [-0.15, -0.1) is 0 Å². The fraction of sp³-hybridized carbons (Fsp3) is 0.522. The first-order chi connectivity index (χ1) is 12.7. The van der Waals surface area contributed by atoms with Gasteiger partial charge < -0.3 is 9.53 Å². The predicted octanol–water partition coefficient (Wildman–Crippen LogP) is 4.42. The number of rotatable bonds is 7. The summed E-state index contributed by atoms with van der Waals surface area (Å²) >= 11 is 0. The summed E-state index contributed by atoms with van der Waals surface area (Å²) in [6.45, 7) is 7.37. The van der Waals surface area contributed by atoms with Crippen LogP contribution in [-0.4, -0.2) is 36.9 Å². The summed E-state index contributed by atoms with van der Waals surface area (Å²) in [5, 5.41) is 0. The number of nitrogens with zero attached hydrogens (tertiary/aromatic N) is 1. The van der Waals surface area contributed by atoms with E-state index in [1.165, 1.54) is 22.3 Å². The van der Waals surface area contributed by atoms with Crippen LogP contribution in [0, 0.1) is 0 Å². The molecule has 2 heterocycles. The Morgan fingerprint density at radius 3 is 3.04 bits per heavy atom. The maximum atomic E-state index is 11.1. The van der Waals surface area contributed by atoms with Gasteiger partial charge in [0.2, 0.25) is 0 Å². The fourth-order valence-electron chi connectivity index (χ4n) is 4.22. The number of ether oxygens (including phenoxy) is 1. The van der Waals surface area contributed by atoms with Crippen molar-refractivity contribution < 1.29 is 9.53 Å². The lowest BCUT2D eigenvalue weighted by atomic mass is 9.90. The molecule has 0 N–H and O–H groups in total. The normalized spacial score (nSPS) is 24.2. The highest BCUT2D eigenvalue weighted by Crippen LogP contribution is 2.35. The van der Waals surface area contributed by atoms with Crippen LogP contribution < -0.4 is 0 Å². The molecule has 1 aromatic rings. The van der Waals surface area contributed by atoms with Gasteiger partial charge in [-0.3, -0.25) is 4.90 Å². The molecule has 3 heteroatoms. The molecular weight excluding hydrogens is 322 g/mol. The Bertz CT molecular complexity index is 677. The smallest absolute Gasteiger partial charge is 0.133 e. The summed E-state index contributed by atoms with van der Waals surface area (Å²) in [5.74, 6) is 0.535. The Kier molecular flexibility index (Phi) is 6.81. The van der Waals surface area contributed by atoms with E-state index >= 15 is 0 Å². The van der Waals surface area contributed by atoms with Crippen LogP contribution in [0.15, 0.2) is 42.0 Å². The van der Waals surface area contributed by atoms with Gasteiger partial charge in [0.15, 0.2) is 0 Å². The molecule has 0 spiro atoms. The van der Waals surface area contributed by atoms with Crippen LogP contribution in [-0.2, 0) is 22.6 Å². The predicted molar refractivity (Wildman–Crippen MR) is 106 cm³/mol. The van der Waals surface area contributed by atoms with Crippen LogP contribution in [0.1, 0.15) is 55.7 Å². The maximum absolute atomic E-state index is 11.1. The van der Waals surface area contributed by atoms with Crippen LogP contribution in [0.3, 0.4) is 0 Å². The number of allylic oxidation sites excluding steroid dienone is 4. The minimum absolute atomic E-state index is 0.499. The number of hydrogen-bond acceptors (Lipinski definition) is 3. The van der Waals surface area contributed by atoms with E-state index in [0.29, 0.717) is 18.5 Å². The standard InChI is InChI=1S/C23H31NO2/c1-3-4-5-18(2)6-9-23-15-22(16-24(23)11-12-25)19-7-8-21-17-26-13-10-20(21)14-19/h3-5,7-8,12,14,22-23H,6,9-11,13,15-17H2,1-2H3/b4-3-,18-5+. The molecule has 0 aliphatic carbocycles. The number of carbonyl (C=O) groups excluding carboxylic acids is 1. The van der Waals surface area contributed by atoms with Gasteiger partial charge in [-0.2, -0.15) is 0 Å². The van der Waals surface area contributed by atoms with E-state index in [2.05, 4.69) is 48.3 Å². The van der Waals surface area contributed by atoms with Crippen molar-refractivity contribution in [1.82, 2.24) is 4.90 Å². The third-order valence-electron chi connectivity index (χ3n) is 5.76. The summed E-state index contributed by atoms with van der Waals surface area (Å²) in [5.41, 5.74) is 5.63. The molecule has 0 bridgehead atoms. The number of likely N-dealkylation sites (tertiary alicyclic amines) is 1. The summed E-state index contributed by atoms with van der Waals surface area (Å²) < 4.78 is 5.55. The molecule has 2 unspecified atom stereocenters. The molecule has 0 saturated carbocycles. The third-order valence-corrected chi connectivity index (χ3v) is 5.76. The molecule has 3 rings (SSSR count). The molecule has 1 aromatic carbocycles. The second-order valence-electron chi connectivity index (χ2n) is 7.62. The van der Waals surface area contributed by atoms with Crippen LogP contribution >= 0.6 is 0 Å². The Labute approximate surface area is 157 Å². The van der Waals surface area contributed by atoms with Crippen molar-refractivity contribution in [2.75, 3.05) is 19.7 Å². The lowest BCUT2D eigenvalue weighted by molar-refractivity contribution is -0.109. The van der Waals surface area contributed by atoms with Crippen molar-refractivity contribution in [2.24, 2.45) is 0 Å². The molecule has 0 radical (unpaired) electrons. The molecule has 0 aromatic heterocycles. The van der Waals surface area contributed by atoms with Gasteiger partial charge in [0.05, 0.1) is 19.8 Å². The van der Waals surface area contributed by atoms with Crippen LogP contribution in [0.2, 0.25) is 0 Å². The van der Waals surface area contributed by atoms with E-state index < -0.39 is 0 Å². The van der Waals surface area contributed by atoms with Crippen molar-refractivity contribution in [3.8, 4) is 0 Å². The molecule has 2 atom stereocenters. The summed E-state index contributed by atoms with van der Waals surface area (Å²) in [6.07, 6.45) is 11.8. The van der Waals surface area contributed by atoms with E-state index in [9.17, 15) is 4.79 Å². The van der Waals surface area contributed by atoms with Crippen LogP contribution in [0.5, 0.6) is 0 Å². The van der Waals surface area contributed by atoms with E-state index in [4.69, 9.17) is 4.74 Å². The lowest BCUT2D eigenvalue weighted by Gasteiger charge is -2.21. The first-order valence-corrected chi connectivity index (χ1v) is 9.87. The first kappa shape index (κ1) is 19.1. The quantitative estimate of drug-likeness (QED) is 0.537. The average molecular weight is 354 g/mol. The SMILES string of the molecule is C/C=C\C=C(/C)CCC1CC(c2ccc3c(c2)CCOC3)CN1CC=O. The van der Waals surface area contributed by atoms with Gasteiger partial charge in [0, 0.05) is 12.6 Å². The fourth-order valence-corrected chi connectivity index (χ4v) is 4.22. The highest BCUT2D eigenvalue weighted by molar-refractivity contribution is 5.52. The molecule has 2 aliphatic heterocycles. The van der Waals surface area contributed by atoms with Gasteiger partial charge >= 0.3 is 0 Å². The largest absolute Gasteiger partial charge is 0.376 e. The Hall–Kier alpha value is -1.71. The highest BCUT2D eigenvalue weighted by Gasteiger charge is 2.32. The molecule has 0 amide bonds. The number of benzene rings is 1. The first-order valence-electron chi connectivity index (χ1n) is 9.87. The lowest BCUT2D eigenvalue weighted by Crippen LogP contribution is -2.31. The zero-order valence-corrected chi connectivity index (χ0v) is 16.1. The van der Waals surface area contributed by atoms with Crippen molar-refractivity contribution >= 4 is 6.29 Å². The molecule has 1 fully saturated rings. The third kappa shape index (κ3) is 4.72. The van der Waals surface area contributed by atoms with Crippen LogP contribution in [0.4, 0.5) is 0 Å². The van der Waals surface area contributed by atoms with E-state index in [1.54, 1.807) is 0 Å². The van der Waals surface area contributed by atoms with E-state index in [1.807, 2.05) is 6.92 Å². The van der Waals surface area contributed by atoms with Crippen LogP contribution in [0.25, 0.3) is 0 Å². The second-order valence-corrected chi connectivity index (χ2v) is 7.62. The highest BCUT2D eigenvalue weighted by atomic mass is 16.5. The zero-order chi connectivity index (χ0) is 18.4. The summed E-state index contributed by atoms with van der Waals surface area (Å²) in [4.78, 5) is 13.5. The van der Waals surface area contributed by atoms with Crippen molar-refractivity contribution in [3.05, 3.63) is 58.7 Å². The molecule has 140 valence electrons. The van der Waals surface area contributed by atoms with Crippen molar-refractivity contribution in [3.63, 3.8) is 0 Å². The molecule has 1 saturated heterocycles. The van der Waals surface area contributed by atoms with Gasteiger partial charge in [-0.1, -0.05) is 42.0 Å². The Morgan fingerprint density at radius 2 is 2.23 bits per heavy atom. The van der Waals surface area contributed by atoms with Crippen molar-refractivity contribution in [1.29, 1.82) is 0 Å². The van der Waals surface area contributed by atoms with E-state index in [0.717, 1.165) is 51.7 Å². The average Bonchev–Trinajstić information content (AvgIpc) is 3.07. The monoisotopic (exact) mass is 353 g/mol. The topological polar surface area (TPSA) is 29.5 Å². The van der Waals surface area contributed by atoms with Gasteiger partial charge in [-0.25, -0.2) is 0 Å². The van der Waals surface area contributed by atoms with Crippen molar-refractivity contribution in [2.45, 2.75) is 58.1 Å². The Morgan fingerprint density at radius 1 is 1.35 bits per heavy atom. The summed E-state index contributed by atoms with van der Waals surface area (Å²) in [7, 11) is 0. The number of aldehydes is 1. The summed E-state index contributed by atoms with van der Waals surface area (Å²) in [6, 6.07) is 7.40. The minimum Gasteiger partial charge on any atom is -0.376 e. The van der Waals surface area contributed by atoms with Gasteiger partial charge in [-0.05, 0) is 62.1 Å². The van der Waals surface area contributed by atoms with Gasteiger partial charge in [0.25, 0.3) is 0 Å². The Balaban J connectivity index is 1.67. The molecule has 2 aliphatic rings. The van der Waals surface area contributed by atoms with E-state index in [-0.39, 0.29) is 0 Å². The molecule has 26 heavy (non-hydrogen) atoms.